The zero-order valence-corrected chi connectivity index (χ0v) is 22.4. The Hall–Kier alpha value is -2.26. The summed E-state index contributed by atoms with van der Waals surface area (Å²) >= 11 is 0. The van der Waals surface area contributed by atoms with Crippen molar-refractivity contribution >= 4 is 0 Å². The number of rotatable bonds is 7. The molecule has 0 saturated carbocycles. The van der Waals surface area contributed by atoms with Gasteiger partial charge >= 0.3 is 0 Å². The predicted molar refractivity (Wildman–Crippen MR) is 140 cm³/mol. The lowest BCUT2D eigenvalue weighted by Crippen LogP contribution is -2.58. The first kappa shape index (κ1) is 26.0. The third-order valence-electron chi connectivity index (χ3n) is 8.65. The second-order valence-electron chi connectivity index (χ2n) is 11.2. The van der Waals surface area contributed by atoms with Crippen LogP contribution in [0.1, 0.15) is 60.8 Å². The molecule has 0 aromatic heterocycles. The van der Waals surface area contributed by atoms with Crippen LogP contribution in [0.3, 0.4) is 0 Å². The Morgan fingerprint density at radius 2 is 1.18 bits per heavy atom. The maximum absolute atomic E-state index is 14.3. The molecule has 2 aliphatic carbocycles. The molecule has 0 spiro atoms. The van der Waals surface area contributed by atoms with E-state index in [1.165, 1.54) is 12.1 Å². The summed E-state index contributed by atoms with van der Waals surface area (Å²) in [5.41, 5.74) is 3.66. The largest absolute Gasteiger partial charge is 0.491 e. The van der Waals surface area contributed by atoms with Gasteiger partial charge in [0, 0.05) is 37.3 Å². The highest BCUT2D eigenvalue weighted by Gasteiger charge is 2.32. The van der Waals surface area contributed by atoms with Crippen molar-refractivity contribution in [3.05, 3.63) is 58.2 Å². The normalized spacial score (nSPS) is 27.8. The molecule has 2 aromatic rings. The topological polar surface area (TPSA) is 43.4 Å². The van der Waals surface area contributed by atoms with Gasteiger partial charge < -0.3 is 18.9 Å². The van der Waals surface area contributed by atoms with E-state index in [-0.39, 0.29) is 35.7 Å². The first-order chi connectivity index (χ1) is 18.5. The standard InChI is InChI=1S/C30H38F2N2O4/c1-19-3-5-23-27(9-7-25(31)29(19)23)37-17-21-15-33(11-13-35-21)34-12-14-36-22(16-34)18-38-28-10-8-26(32)30-20(2)4-6-24(28)30/h7-10,19-22H,3-6,11-18H2,1-2H3. The van der Waals surface area contributed by atoms with Gasteiger partial charge in [0.1, 0.15) is 48.6 Å². The van der Waals surface area contributed by atoms with E-state index in [1.54, 1.807) is 12.1 Å². The quantitative estimate of drug-likeness (QED) is 0.513. The molecule has 0 N–H and O–H groups in total. The van der Waals surface area contributed by atoms with Gasteiger partial charge in [-0.15, -0.1) is 0 Å². The van der Waals surface area contributed by atoms with Crippen molar-refractivity contribution in [2.24, 2.45) is 0 Å². The van der Waals surface area contributed by atoms with E-state index in [1.807, 2.05) is 0 Å². The van der Waals surface area contributed by atoms with Crippen molar-refractivity contribution in [2.75, 3.05) is 52.6 Å². The Bertz CT molecular complexity index is 1070. The van der Waals surface area contributed by atoms with Crippen molar-refractivity contribution in [3.8, 4) is 11.5 Å². The minimum absolute atomic E-state index is 0.0652. The van der Waals surface area contributed by atoms with Gasteiger partial charge in [-0.2, -0.15) is 0 Å². The fraction of sp³-hybridized carbons (Fsp3) is 0.600. The van der Waals surface area contributed by atoms with Gasteiger partial charge in [-0.05, 0) is 72.9 Å². The lowest BCUT2D eigenvalue weighted by atomic mass is 10.0. The number of halogens is 2. The molecule has 206 valence electrons. The zero-order valence-electron chi connectivity index (χ0n) is 22.4. The molecule has 2 aromatic carbocycles. The first-order valence-corrected chi connectivity index (χ1v) is 14.1. The van der Waals surface area contributed by atoms with Crippen LogP contribution in [0, 0.1) is 11.6 Å². The van der Waals surface area contributed by atoms with Gasteiger partial charge in [-0.3, -0.25) is 0 Å². The minimum atomic E-state index is -0.123. The Morgan fingerprint density at radius 1 is 0.737 bits per heavy atom. The van der Waals surface area contributed by atoms with Crippen LogP contribution in [-0.4, -0.2) is 74.8 Å². The molecule has 4 aliphatic rings. The first-order valence-electron chi connectivity index (χ1n) is 14.1. The van der Waals surface area contributed by atoms with Gasteiger partial charge in [-0.1, -0.05) is 13.8 Å². The van der Waals surface area contributed by atoms with Crippen molar-refractivity contribution in [1.82, 2.24) is 10.0 Å². The summed E-state index contributed by atoms with van der Waals surface area (Å²) in [5, 5.41) is 4.67. The van der Waals surface area contributed by atoms with E-state index >= 15 is 0 Å². The van der Waals surface area contributed by atoms with Crippen LogP contribution in [0.25, 0.3) is 0 Å². The molecule has 8 heteroatoms. The Morgan fingerprint density at radius 3 is 1.63 bits per heavy atom. The molecular formula is C30H38F2N2O4. The molecule has 2 heterocycles. The van der Waals surface area contributed by atoms with Crippen LogP contribution >= 0.6 is 0 Å². The van der Waals surface area contributed by atoms with Crippen LogP contribution < -0.4 is 9.47 Å². The van der Waals surface area contributed by atoms with E-state index in [9.17, 15) is 8.78 Å². The average Bonchev–Trinajstić information content (AvgIpc) is 3.52. The van der Waals surface area contributed by atoms with E-state index < -0.39 is 0 Å². The molecule has 6 nitrogen and oxygen atoms in total. The third kappa shape index (κ3) is 5.16. The van der Waals surface area contributed by atoms with E-state index in [0.717, 1.165) is 85.6 Å². The second-order valence-corrected chi connectivity index (χ2v) is 11.2. The number of hydrogen-bond donors (Lipinski definition) is 0. The van der Waals surface area contributed by atoms with Gasteiger partial charge in [0.15, 0.2) is 0 Å². The molecular weight excluding hydrogens is 490 g/mol. The number of fused-ring (bicyclic) bond motifs is 2. The number of ether oxygens (including phenoxy) is 4. The summed E-state index contributed by atoms with van der Waals surface area (Å²) in [5.74, 6) is 1.80. The molecule has 4 atom stereocenters. The smallest absolute Gasteiger partial charge is 0.127 e. The summed E-state index contributed by atoms with van der Waals surface area (Å²) in [6, 6.07) is 6.58. The zero-order chi connectivity index (χ0) is 26.2. The van der Waals surface area contributed by atoms with E-state index in [2.05, 4.69) is 23.9 Å². The van der Waals surface area contributed by atoms with Crippen molar-refractivity contribution < 1.29 is 27.7 Å². The number of hydrazine groups is 1. The van der Waals surface area contributed by atoms with Crippen LogP contribution in [-0.2, 0) is 22.3 Å². The third-order valence-corrected chi connectivity index (χ3v) is 8.65. The van der Waals surface area contributed by atoms with Gasteiger partial charge in [-0.25, -0.2) is 18.8 Å². The van der Waals surface area contributed by atoms with Crippen LogP contribution in [0.15, 0.2) is 24.3 Å². The summed E-state index contributed by atoms with van der Waals surface area (Å²) in [6.07, 6.45) is 3.51. The number of hydrogen-bond acceptors (Lipinski definition) is 6. The number of benzene rings is 2. The highest BCUT2D eigenvalue weighted by Crippen LogP contribution is 2.41. The lowest BCUT2D eigenvalue weighted by molar-refractivity contribution is -0.173. The summed E-state index contributed by atoms with van der Waals surface area (Å²) < 4.78 is 53.0. The van der Waals surface area contributed by atoms with Crippen molar-refractivity contribution in [3.63, 3.8) is 0 Å². The SMILES string of the molecule is CC1CCc2c(OCC3CN(N4CCOC(COc5ccc(F)c6c5CCC6C)C4)CCO3)ccc(F)c21. The maximum Gasteiger partial charge on any atom is 0.127 e. The fourth-order valence-electron chi connectivity index (χ4n) is 6.58. The Labute approximate surface area is 223 Å². The van der Waals surface area contributed by atoms with Crippen LogP contribution in [0.4, 0.5) is 8.78 Å². The molecule has 38 heavy (non-hydrogen) atoms. The lowest BCUT2D eigenvalue weighted by Gasteiger charge is -2.43. The average molecular weight is 529 g/mol. The minimum Gasteiger partial charge on any atom is -0.491 e. The molecule has 0 bridgehead atoms. The number of morpholine rings is 2. The Kier molecular flexibility index (Phi) is 7.58. The van der Waals surface area contributed by atoms with Crippen LogP contribution in [0.2, 0.25) is 0 Å². The highest BCUT2D eigenvalue weighted by atomic mass is 19.1. The van der Waals surface area contributed by atoms with Crippen LogP contribution in [0.5, 0.6) is 11.5 Å². The molecule has 2 aliphatic heterocycles. The summed E-state index contributed by atoms with van der Waals surface area (Å²) in [6.45, 7) is 9.39. The molecule has 0 radical (unpaired) electrons. The highest BCUT2D eigenvalue weighted by molar-refractivity contribution is 5.47. The molecule has 2 saturated heterocycles. The van der Waals surface area contributed by atoms with Gasteiger partial charge in [0.05, 0.1) is 13.2 Å². The molecule has 4 unspecified atom stereocenters. The summed E-state index contributed by atoms with van der Waals surface area (Å²) in [4.78, 5) is 0. The van der Waals surface area contributed by atoms with E-state index in [4.69, 9.17) is 18.9 Å². The molecule has 2 fully saturated rings. The van der Waals surface area contributed by atoms with Gasteiger partial charge in [0.25, 0.3) is 0 Å². The van der Waals surface area contributed by atoms with Crippen molar-refractivity contribution in [1.29, 1.82) is 0 Å². The monoisotopic (exact) mass is 528 g/mol. The Balaban J connectivity index is 1.03. The summed E-state index contributed by atoms with van der Waals surface area (Å²) in [7, 11) is 0. The fourth-order valence-corrected chi connectivity index (χ4v) is 6.58. The number of nitrogens with zero attached hydrogens (tertiary/aromatic N) is 2. The van der Waals surface area contributed by atoms with E-state index in [0.29, 0.717) is 26.4 Å². The van der Waals surface area contributed by atoms with Crippen molar-refractivity contribution in [2.45, 2.75) is 63.6 Å². The predicted octanol–water partition coefficient (Wildman–Crippen LogP) is 4.84. The maximum atomic E-state index is 14.3. The molecule has 6 rings (SSSR count). The van der Waals surface area contributed by atoms with Gasteiger partial charge in [0.2, 0.25) is 0 Å². The molecule has 0 amide bonds. The second kappa shape index (κ2) is 11.1.